The first kappa shape index (κ1) is 15.6. The number of nitrogens with zero attached hydrogens (tertiary/aromatic N) is 2. The fourth-order valence-corrected chi connectivity index (χ4v) is 2.77. The smallest absolute Gasteiger partial charge is 0.256 e. The van der Waals surface area contributed by atoms with Crippen molar-refractivity contribution in [2.75, 3.05) is 10.6 Å². The van der Waals surface area contributed by atoms with Crippen LogP contribution in [0.15, 0.2) is 73.4 Å². The van der Waals surface area contributed by atoms with E-state index in [4.69, 9.17) is 0 Å². The summed E-state index contributed by atoms with van der Waals surface area (Å²) in [6.07, 6.45) is 4.66. The van der Waals surface area contributed by atoms with Crippen LogP contribution < -0.4 is 10.6 Å². The van der Waals surface area contributed by atoms with Crippen LogP contribution in [-0.4, -0.2) is 20.9 Å². The Labute approximate surface area is 149 Å². The summed E-state index contributed by atoms with van der Waals surface area (Å²) in [4.78, 5) is 23.5. The Hall–Kier alpha value is -3.89. The molecule has 0 saturated heterocycles. The highest BCUT2D eigenvalue weighted by Crippen LogP contribution is 2.27. The molecule has 0 atom stereocenters. The summed E-state index contributed by atoms with van der Waals surface area (Å²) in [6, 6.07) is 13.5. The first-order chi connectivity index (χ1) is 12.7. The van der Waals surface area contributed by atoms with Crippen molar-refractivity contribution in [3.63, 3.8) is 0 Å². The maximum Gasteiger partial charge on any atom is 0.256 e. The van der Waals surface area contributed by atoms with Gasteiger partial charge in [0.1, 0.15) is 12.1 Å². The molecule has 126 valence electrons. The molecule has 0 bridgehead atoms. The fraction of sp³-hybridized carbons (Fsp3) is 0. The number of hydrogen-bond donors (Lipinski definition) is 3. The Morgan fingerprint density at radius 2 is 2.00 bits per heavy atom. The number of carbonyl (C=O) groups excluding carboxylic acids is 1. The van der Waals surface area contributed by atoms with Crippen LogP contribution in [0.25, 0.3) is 21.8 Å². The van der Waals surface area contributed by atoms with Crippen LogP contribution >= 0.6 is 0 Å². The number of aromatic nitrogens is 3. The Morgan fingerprint density at radius 1 is 1.12 bits per heavy atom. The third kappa shape index (κ3) is 3.05. The van der Waals surface area contributed by atoms with E-state index < -0.39 is 0 Å². The highest BCUT2D eigenvalue weighted by atomic mass is 16.1. The molecule has 6 heteroatoms. The Kier molecular flexibility index (Phi) is 3.94. The molecule has 26 heavy (non-hydrogen) atoms. The van der Waals surface area contributed by atoms with Gasteiger partial charge in [0.05, 0.1) is 5.52 Å². The second-order valence-corrected chi connectivity index (χ2v) is 5.70. The highest BCUT2D eigenvalue weighted by Gasteiger charge is 2.07. The van der Waals surface area contributed by atoms with E-state index in [1.165, 1.54) is 12.4 Å². The number of anilines is 3. The van der Waals surface area contributed by atoms with Crippen molar-refractivity contribution >= 4 is 44.9 Å². The number of amides is 1. The predicted molar refractivity (Wildman–Crippen MR) is 103 cm³/mol. The minimum Gasteiger partial charge on any atom is -0.361 e. The summed E-state index contributed by atoms with van der Waals surface area (Å²) in [5.41, 5.74) is 5.87. The lowest BCUT2D eigenvalue weighted by molar-refractivity contribution is -0.111. The number of fused-ring (bicyclic) bond motifs is 2. The van der Waals surface area contributed by atoms with Gasteiger partial charge in [-0.2, -0.15) is 0 Å². The lowest BCUT2D eigenvalue weighted by atomic mass is 10.2. The number of H-pyrrole nitrogens is 1. The molecule has 1 amide bonds. The summed E-state index contributed by atoms with van der Waals surface area (Å²) < 4.78 is 0. The average Bonchev–Trinajstić information content (AvgIpc) is 3.10. The molecule has 3 N–H and O–H groups in total. The summed E-state index contributed by atoms with van der Waals surface area (Å²) in [5.74, 6) is 0.379. The Bertz CT molecular complexity index is 1170. The third-order valence-electron chi connectivity index (χ3n) is 3.95. The van der Waals surface area contributed by atoms with Gasteiger partial charge in [-0.25, -0.2) is 9.97 Å². The third-order valence-corrected chi connectivity index (χ3v) is 3.95. The zero-order chi connectivity index (χ0) is 17.9. The Balaban J connectivity index is 1.71. The maximum absolute atomic E-state index is 11.7. The lowest BCUT2D eigenvalue weighted by Gasteiger charge is -2.10. The number of carbonyl (C=O) groups is 1. The van der Waals surface area contributed by atoms with Crippen molar-refractivity contribution in [2.45, 2.75) is 0 Å². The first-order valence-electron chi connectivity index (χ1n) is 7.99. The first-order valence-corrected chi connectivity index (χ1v) is 7.99. The minimum absolute atomic E-state index is 0.288. The van der Waals surface area contributed by atoms with Gasteiger partial charge in [-0.05, 0) is 42.5 Å². The molecule has 6 nitrogen and oxygen atoms in total. The van der Waals surface area contributed by atoms with E-state index in [2.05, 4.69) is 37.9 Å². The molecule has 0 aliphatic carbocycles. The van der Waals surface area contributed by atoms with Gasteiger partial charge in [-0.1, -0.05) is 6.58 Å². The molecule has 0 spiro atoms. The molecule has 0 fully saturated rings. The molecule has 0 radical (unpaired) electrons. The van der Waals surface area contributed by atoms with E-state index in [-0.39, 0.29) is 5.91 Å². The van der Waals surface area contributed by atoms with Gasteiger partial charge in [-0.3, -0.25) is 4.79 Å². The van der Waals surface area contributed by atoms with E-state index in [1.54, 1.807) is 6.07 Å². The Morgan fingerprint density at radius 3 is 2.88 bits per heavy atom. The zero-order valence-electron chi connectivity index (χ0n) is 13.8. The maximum atomic E-state index is 11.7. The van der Waals surface area contributed by atoms with Gasteiger partial charge in [0.25, 0.3) is 5.91 Å². The number of nitrogens with one attached hydrogen (secondary N) is 3. The summed E-state index contributed by atoms with van der Waals surface area (Å²) in [7, 11) is 0. The van der Waals surface area contributed by atoms with Crippen LogP contribution in [0.3, 0.4) is 0 Å². The van der Waals surface area contributed by atoms with Gasteiger partial charge in [-0.15, -0.1) is 5.73 Å². The van der Waals surface area contributed by atoms with Crippen LogP contribution in [0.4, 0.5) is 17.2 Å². The SMILES string of the molecule is C=C=CC(=O)Nc1ccc2ncnc(Nc3ccc4[nH]ccc4c3)c2c1. The summed E-state index contributed by atoms with van der Waals surface area (Å²) in [5, 5.41) is 8.01. The molecule has 0 saturated carbocycles. The van der Waals surface area contributed by atoms with Crippen molar-refractivity contribution in [1.82, 2.24) is 15.0 Å². The predicted octanol–water partition coefficient (Wildman–Crippen LogP) is 4.13. The van der Waals surface area contributed by atoms with Gasteiger partial charge in [0.15, 0.2) is 0 Å². The topological polar surface area (TPSA) is 82.7 Å². The van der Waals surface area contributed by atoms with Crippen LogP contribution in [0.5, 0.6) is 0 Å². The van der Waals surface area contributed by atoms with Crippen LogP contribution in [-0.2, 0) is 4.79 Å². The fourth-order valence-electron chi connectivity index (χ4n) is 2.77. The number of aromatic amines is 1. The molecule has 4 aromatic rings. The second kappa shape index (κ2) is 6.55. The number of hydrogen-bond acceptors (Lipinski definition) is 4. The molecular formula is C20H15N5O. The second-order valence-electron chi connectivity index (χ2n) is 5.70. The average molecular weight is 341 g/mol. The quantitative estimate of drug-likeness (QED) is 0.385. The lowest BCUT2D eigenvalue weighted by Crippen LogP contribution is -2.07. The number of benzene rings is 2. The molecule has 2 aromatic heterocycles. The van der Waals surface area contributed by atoms with Crippen molar-refractivity contribution < 1.29 is 4.79 Å². The van der Waals surface area contributed by atoms with E-state index in [0.29, 0.717) is 11.5 Å². The molecule has 2 aromatic carbocycles. The minimum atomic E-state index is -0.288. The standard InChI is InChI=1S/C20H15N5O/c1-2-3-19(26)24-15-5-7-18-16(11-15)20(23-12-22-18)25-14-4-6-17-13(10-14)8-9-21-17/h3-12,21H,1H2,(H,24,26)(H,22,23,25). The van der Waals surface area contributed by atoms with Crippen LogP contribution in [0, 0.1) is 0 Å². The van der Waals surface area contributed by atoms with E-state index in [1.807, 2.05) is 42.6 Å². The van der Waals surface area contributed by atoms with Gasteiger partial charge in [0.2, 0.25) is 0 Å². The summed E-state index contributed by atoms with van der Waals surface area (Å²) in [6.45, 7) is 3.40. The molecule has 0 unspecified atom stereocenters. The van der Waals surface area contributed by atoms with Gasteiger partial charge in [0, 0.05) is 39.9 Å². The van der Waals surface area contributed by atoms with Crippen LogP contribution in [0.1, 0.15) is 0 Å². The summed E-state index contributed by atoms with van der Waals surface area (Å²) >= 11 is 0. The van der Waals surface area contributed by atoms with Gasteiger partial charge < -0.3 is 15.6 Å². The van der Waals surface area contributed by atoms with Crippen LogP contribution in [0.2, 0.25) is 0 Å². The molecule has 0 aliphatic rings. The zero-order valence-corrected chi connectivity index (χ0v) is 13.8. The van der Waals surface area contributed by atoms with Crippen molar-refractivity contribution in [3.8, 4) is 0 Å². The van der Waals surface area contributed by atoms with Crippen molar-refractivity contribution in [2.24, 2.45) is 0 Å². The monoisotopic (exact) mass is 341 g/mol. The highest BCUT2D eigenvalue weighted by molar-refractivity contribution is 6.01. The van der Waals surface area contributed by atoms with E-state index in [0.717, 1.165) is 27.5 Å². The normalized spacial score (nSPS) is 10.5. The molecular weight excluding hydrogens is 326 g/mol. The van der Waals surface area contributed by atoms with Gasteiger partial charge >= 0.3 is 0 Å². The molecule has 0 aliphatic heterocycles. The van der Waals surface area contributed by atoms with E-state index >= 15 is 0 Å². The largest absolute Gasteiger partial charge is 0.361 e. The van der Waals surface area contributed by atoms with Crippen molar-refractivity contribution in [3.05, 3.63) is 73.4 Å². The van der Waals surface area contributed by atoms with Crippen molar-refractivity contribution in [1.29, 1.82) is 0 Å². The number of rotatable bonds is 4. The molecule has 4 rings (SSSR count). The van der Waals surface area contributed by atoms with E-state index in [9.17, 15) is 4.79 Å². The molecule has 2 heterocycles.